The van der Waals surface area contributed by atoms with Gasteiger partial charge in [-0.2, -0.15) is 0 Å². The van der Waals surface area contributed by atoms with Crippen LogP contribution in [0.15, 0.2) is 10.6 Å². The van der Waals surface area contributed by atoms with Gasteiger partial charge in [-0.3, -0.25) is 0 Å². The number of aromatic carboxylic acids is 1. The predicted molar refractivity (Wildman–Crippen MR) is 56.3 cm³/mol. The lowest BCUT2D eigenvalue weighted by Crippen LogP contribution is -2.28. The first-order valence-electron chi connectivity index (χ1n) is 4.72. The second kappa shape index (κ2) is 4.82. The van der Waals surface area contributed by atoms with Gasteiger partial charge in [-0.15, -0.1) is 0 Å². The molecule has 84 valence electrons. The second-order valence-corrected chi connectivity index (χ2v) is 3.40. The molecule has 1 fully saturated rings. The summed E-state index contributed by atoms with van der Waals surface area (Å²) in [6, 6.07) is 1.48. The van der Waals surface area contributed by atoms with Gasteiger partial charge in [-0.05, 0) is 19.3 Å². The van der Waals surface area contributed by atoms with E-state index in [4.69, 9.17) is 9.63 Å². The number of nitrogens with zero attached hydrogens (tertiary/aromatic N) is 2. The van der Waals surface area contributed by atoms with Crippen molar-refractivity contribution in [3.63, 3.8) is 0 Å². The first-order chi connectivity index (χ1) is 6.77. The maximum Gasteiger partial charge on any atom is 0.358 e. The van der Waals surface area contributed by atoms with Crippen molar-refractivity contribution in [2.24, 2.45) is 0 Å². The molecular formula is C10H16N2O3. The molecule has 0 aliphatic carbocycles. The fraction of sp³-hybridized carbons (Fsp3) is 0.600. The van der Waals surface area contributed by atoms with Crippen LogP contribution in [0.25, 0.3) is 0 Å². The molecule has 0 unspecified atom stereocenters. The third-order valence-electron chi connectivity index (χ3n) is 2.38. The monoisotopic (exact) mass is 212 g/mol. The summed E-state index contributed by atoms with van der Waals surface area (Å²) in [4.78, 5) is 12.6. The average molecular weight is 212 g/mol. The molecule has 2 heterocycles. The maximum absolute atomic E-state index is 10.6. The van der Waals surface area contributed by atoms with Gasteiger partial charge in [0.25, 0.3) is 0 Å². The highest BCUT2D eigenvalue weighted by Gasteiger charge is 2.17. The van der Waals surface area contributed by atoms with E-state index in [1.165, 1.54) is 12.5 Å². The zero-order valence-electron chi connectivity index (χ0n) is 7.77. The number of hydrogen-bond acceptors (Lipinski definition) is 4. The van der Waals surface area contributed by atoms with Crippen LogP contribution in [-0.4, -0.2) is 29.3 Å². The molecule has 1 aromatic heterocycles. The van der Waals surface area contributed by atoms with Gasteiger partial charge in [0.15, 0.2) is 5.69 Å². The van der Waals surface area contributed by atoms with Gasteiger partial charge >= 0.3 is 5.97 Å². The van der Waals surface area contributed by atoms with Crippen LogP contribution in [-0.2, 0) is 0 Å². The van der Waals surface area contributed by atoms with E-state index in [2.05, 4.69) is 5.16 Å². The zero-order valence-corrected chi connectivity index (χ0v) is 7.77. The van der Waals surface area contributed by atoms with Crippen molar-refractivity contribution in [1.29, 1.82) is 0 Å². The lowest BCUT2D eigenvalue weighted by Gasteiger charge is -2.25. The van der Waals surface area contributed by atoms with Gasteiger partial charge < -0.3 is 14.5 Å². The molecule has 0 spiro atoms. The SMILES string of the molecule is C.O=C(O)c1cc(N2CCCCC2)on1. The van der Waals surface area contributed by atoms with Gasteiger partial charge in [0.2, 0.25) is 5.88 Å². The summed E-state index contributed by atoms with van der Waals surface area (Å²) in [5.74, 6) is -0.473. The maximum atomic E-state index is 10.6. The van der Waals surface area contributed by atoms with Crippen molar-refractivity contribution >= 4 is 11.9 Å². The van der Waals surface area contributed by atoms with E-state index in [0.29, 0.717) is 5.88 Å². The Morgan fingerprint density at radius 1 is 1.40 bits per heavy atom. The summed E-state index contributed by atoms with van der Waals surface area (Å²) in [7, 11) is 0. The van der Waals surface area contributed by atoms with Crippen LogP contribution >= 0.6 is 0 Å². The lowest BCUT2D eigenvalue weighted by molar-refractivity contribution is 0.0686. The summed E-state index contributed by atoms with van der Waals surface area (Å²) in [6.45, 7) is 1.85. The summed E-state index contributed by atoms with van der Waals surface area (Å²) in [5.41, 5.74) is -0.0226. The van der Waals surface area contributed by atoms with Crippen molar-refractivity contribution in [2.75, 3.05) is 18.0 Å². The summed E-state index contributed by atoms with van der Waals surface area (Å²) >= 11 is 0. The average Bonchev–Trinajstić information content (AvgIpc) is 2.68. The molecule has 0 aromatic carbocycles. The molecule has 15 heavy (non-hydrogen) atoms. The number of anilines is 1. The van der Waals surface area contributed by atoms with E-state index in [-0.39, 0.29) is 13.1 Å². The van der Waals surface area contributed by atoms with E-state index in [0.717, 1.165) is 25.9 Å². The summed E-state index contributed by atoms with van der Waals surface area (Å²) < 4.78 is 4.96. The summed E-state index contributed by atoms with van der Waals surface area (Å²) in [6.07, 6.45) is 3.49. The van der Waals surface area contributed by atoms with E-state index < -0.39 is 5.97 Å². The Hall–Kier alpha value is -1.52. The lowest BCUT2D eigenvalue weighted by atomic mass is 10.1. The Kier molecular flexibility index (Phi) is 3.71. The molecule has 0 saturated carbocycles. The van der Waals surface area contributed by atoms with Crippen molar-refractivity contribution in [3.05, 3.63) is 11.8 Å². The molecule has 0 radical (unpaired) electrons. The molecule has 1 aliphatic rings. The first kappa shape index (κ1) is 11.6. The van der Waals surface area contributed by atoms with Gasteiger partial charge in [0.05, 0.1) is 0 Å². The van der Waals surface area contributed by atoms with Gasteiger partial charge in [-0.25, -0.2) is 4.79 Å². The number of piperidine rings is 1. The Balaban J connectivity index is 0.00000112. The van der Waals surface area contributed by atoms with Crippen molar-refractivity contribution < 1.29 is 14.4 Å². The van der Waals surface area contributed by atoms with Crippen LogP contribution in [0.3, 0.4) is 0 Å². The topological polar surface area (TPSA) is 66.6 Å². The minimum atomic E-state index is -1.04. The van der Waals surface area contributed by atoms with E-state index >= 15 is 0 Å². The molecule has 0 atom stereocenters. The van der Waals surface area contributed by atoms with E-state index in [1.807, 2.05) is 4.90 Å². The molecule has 1 saturated heterocycles. The minimum absolute atomic E-state index is 0. The Bertz CT molecular complexity index is 329. The first-order valence-corrected chi connectivity index (χ1v) is 4.72. The summed E-state index contributed by atoms with van der Waals surface area (Å²) in [5, 5.41) is 12.1. The fourth-order valence-corrected chi connectivity index (χ4v) is 1.63. The third kappa shape index (κ3) is 2.49. The Morgan fingerprint density at radius 2 is 2.07 bits per heavy atom. The number of carboxylic acids is 1. The number of hydrogen-bond donors (Lipinski definition) is 1. The van der Waals surface area contributed by atoms with Crippen LogP contribution < -0.4 is 4.90 Å². The molecule has 0 amide bonds. The Labute approximate surface area is 88.7 Å². The molecule has 1 N–H and O–H groups in total. The van der Waals surface area contributed by atoms with Crippen LogP contribution in [0.2, 0.25) is 0 Å². The molecule has 5 nitrogen and oxygen atoms in total. The molecule has 5 heteroatoms. The molecule has 1 aliphatic heterocycles. The molecule has 1 aromatic rings. The normalized spacial score (nSPS) is 15.9. The van der Waals surface area contributed by atoms with Crippen molar-refractivity contribution in [2.45, 2.75) is 26.7 Å². The van der Waals surface area contributed by atoms with Crippen molar-refractivity contribution in [1.82, 2.24) is 5.16 Å². The minimum Gasteiger partial charge on any atom is -0.476 e. The van der Waals surface area contributed by atoms with Gasteiger partial charge in [0.1, 0.15) is 0 Å². The fourth-order valence-electron chi connectivity index (χ4n) is 1.63. The van der Waals surface area contributed by atoms with Crippen LogP contribution in [0.1, 0.15) is 37.2 Å². The largest absolute Gasteiger partial charge is 0.476 e. The van der Waals surface area contributed by atoms with Crippen LogP contribution in [0, 0.1) is 0 Å². The highest BCUT2D eigenvalue weighted by molar-refractivity contribution is 5.85. The number of rotatable bonds is 2. The zero-order chi connectivity index (χ0) is 9.97. The number of carbonyl (C=O) groups is 1. The smallest absolute Gasteiger partial charge is 0.358 e. The van der Waals surface area contributed by atoms with E-state index in [1.54, 1.807) is 0 Å². The molecular weight excluding hydrogens is 196 g/mol. The van der Waals surface area contributed by atoms with E-state index in [9.17, 15) is 4.79 Å². The van der Waals surface area contributed by atoms with Gasteiger partial charge in [0, 0.05) is 19.2 Å². The molecule has 0 bridgehead atoms. The quantitative estimate of drug-likeness (QED) is 0.812. The molecule has 2 rings (SSSR count). The van der Waals surface area contributed by atoms with Crippen LogP contribution in [0.5, 0.6) is 0 Å². The highest BCUT2D eigenvalue weighted by atomic mass is 16.5. The van der Waals surface area contributed by atoms with Crippen LogP contribution in [0.4, 0.5) is 5.88 Å². The Morgan fingerprint density at radius 3 is 2.60 bits per heavy atom. The second-order valence-electron chi connectivity index (χ2n) is 3.40. The highest BCUT2D eigenvalue weighted by Crippen LogP contribution is 2.20. The predicted octanol–water partition coefficient (Wildman–Crippen LogP) is 2.00. The van der Waals surface area contributed by atoms with Crippen molar-refractivity contribution in [3.8, 4) is 0 Å². The van der Waals surface area contributed by atoms with Gasteiger partial charge in [-0.1, -0.05) is 12.6 Å². The number of carboxylic acid groups (broad SMARTS) is 1. The third-order valence-corrected chi connectivity index (χ3v) is 2.38. The standard InChI is InChI=1S/C9H12N2O3.CH4/c12-9(13)7-6-8(14-10-7)11-4-2-1-3-5-11;/h6H,1-5H2,(H,12,13);1H4. The number of aromatic nitrogens is 1.